The maximum absolute atomic E-state index is 14.6. The summed E-state index contributed by atoms with van der Waals surface area (Å²) < 4.78 is 49.3. The van der Waals surface area contributed by atoms with E-state index >= 15 is 0 Å². The molecule has 0 saturated heterocycles. The van der Waals surface area contributed by atoms with Crippen LogP contribution in [-0.4, -0.2) is 66.1 Å². The molecule has 0 atom stereocenters. The molecule has 1 saturated carbocycles. The molecule has 7 nitrogen and oxygen atoms in total. The van der Waals surface area contributed by atoms with E-state index in [-0.39, 0.29) is 4.90 Å². The lowest BCUT2D eigenvalue weighted by Gasteiger charge is -2.29. The fraction of sp³-hybridized carbons (Fsp3) is 0.441. The molecule has 43 heavy (non-hydrogen) atoms. The van der Waals surface area contributed by atoms with Crippen molar-refractivity contribution in [2.45, 2.75) is 69.5 Å². The first kappa shape index (κ1) is 31.3. The van der Waals surface area contributed by atoms with E-state index in [4.69, 9.17) is 4.74 Å². The number of fused-ring (bicyclic) bond motifs is 1. The van der Waals surface area contributed by atoms with E-state index in [2.05, 4.69) is 21.7 Å². The van der Waals surface area contributed by atoms with E-state index in [1.165, 1.54) is 48.7 Å². The predicted octanol–water partition coefficient (Wildman–Crippen LogP) is 6.48. The second kappa shape index (κ2) is 15.1. The summed E-state index contributed by atoms with van der Waals surface area (Å²) in [5.74, 6) is -0.495. The third-order valence-electron chi connectivity index (χ3n) is 8.40. The third-order valence-corrected chi connectivity index (χ3v) is 10.1. The van der Waals surface area contributed by atoms with Crippen LogP contribution >= 0.6 is 0 Å². The van der Waals surface area contributed by atoms with E-state index < -0.39 is 16.0 Å². The minimum absolute atomic E-state index is 0.232. The molecule has 1 aliphatic carbocycles. The minimum Gasteiger partial charge on any atom is -0.379 e. The van der Waals surface area contributed by atoms with E-state index in [9.17, 15) is 12.8 Å². The highest BCUT2D eigenvalue weighted by molar-refractivity contribution is 7.90. The zero-order valence-corrected chi connectivity index (χ0v) is 25.9. The Morgan fingerprint density at radius 3 is 2.40 bits per heavy atom. The number of para-hydroxylation sites is 1. The normalized spacial score (nSPS) is 14.4. The second-order valence-electron chi connectivity index (χ2n) is 11.4. The molecule has 0 bridgehead atoms. The van der Waals surface area contributed by atoms with Gasteiger partial charge < -0.3 is 4.74 Å². The zero-order chi connectivity index (χ0) is 30.1. The van der Waals surface area contributed by atoms with Crippen LogP contribution in [0.25, 0.3) is 10.9 Å². The van der Waals surface area contributed by atoms with Gasteiger partial charge in [-0.2, -0.15) is 4.39 Å². The molecule has 0 aliphatic heterocycles. The van der Waals surface area contributed by atoms with Gasteiger partial charge in [0.25, 0.3) is 10.0 Å². The standard InChI is InChI=1S/C34H43FN4O3S/c1-2-3-20-38(30-13-7-8-14-30)22-24-42-23-21-37(25-28-12-11-19-36-34(28)35)26-29-27-39(33-18-10-9-17-32(29)33)43(40,41)31-15-5-4-6-16-31/h4-6,9-12,15-19,27,30H,2-3,7-8,13-14,20-26H2,1H3. The summed E-state index contributed by atoms with van der Waals surface area (Å²) in [6.45, 7) is 6.76. The molecule has 0 radical (unpaired) electrons. The summed E-state index contributed by atoms with van der Waals surface area (Å²) in [5.41, 5.74) is 1.96. The van der Waals surface area contributed by atoms with Crippen molar-refractivity contribution in [1.82, 2.24) is 18.8 Å². The van der Waals surface area contributed by atoms with Crippen molar-refractivity contribution in [3.63, 3.8) is 0 Å². The van der Waals surface area contributed by atoms with Gasteiger partial charge in [-0.05, 0) is 55.6 Å². The maximum Gasteiger partial charge on any atom is 0.268 e. The summed E-state index contributed by atoms with van der Waals surface area (Å²) in [7, 11) is -3.79. The summed E-state index contributed by atoms with van der Waals surface area (Å²) >= 11 is 0. The van der Waals surface area contributed by atoms with Crippen LogP contribution in [0.1, 0.15) is 56.6 Å². The summed E-state index contributed by atoms with van der Waals surface area (Å²) in [6, 6.07) is 20.1. The average Bonchev–Trinajstić information content (AvgIpc) is 3.69. The van der Waals surface area contributed by atoms with Crippen molar-refractivity contribution in [2.75, 3.05) is 32.8 Å². The molecule has 9 heteroatoms. The van der Waals surface area contributed by atoms with Crippen LogP contribution in [0.2, 0.25) is 0 Å². The molecule has 0 spiro atoms. The number of benzene rings is 2. The van der Waals surface area contributed by atoms with Crippen molar-refractivity contribution in [3.8, 4) is 0 Å². The number of halogens is 1. The van der Waals surface area contributed by atoms with Crippen molar-refractivity contribution < 1.29 is 17.5 Å². The van der Waals surface area contributed by atoms with Crippen LogP contribution in [0, 0.1) is 5.95 Å². The van der Waals surface area contributed by atoms with Crippen molar-refractivity contribution in [3.05, 3.63) is 96.2 Å². The Kier molecular flexibility index (Phi) is 11.0. The van der Waals surface area contributed by atoms with Gasteiger partial charge in [0.1, 0.15) is 0 Å². The number of unbranched alkanes of at least 4 members (excludes halogenated alkanes) is 1. The lowest BCUT2D eigenvalue weighted by atomic mass is 10.1. The molecule has 5 rings (SSSR count). The van der Waals surface area contributed by atoms with Gasteiger partial charge in [-0.1, -0.05) is 68.7 Å². The Hall–Kier alpha value is -3.11. The van der Waals surface area contributed by atoms with E-state index in [0.717, 1.165) is 24.0 Å². The molecule has 2 aromatic carbocycles. The third kappa shape index (κ3) is 7.89. The molecular weight excluding hydrogens is 563 g/mol. The first-order valence-electron chi connectivity index (χ1n) is 15.5. The average molecular weight is 607 g/mol. The Balaban J connectivity index is 1.31. The molecule has 230 valence electrons. The number of rotatable bonds is 16. The molecule has 0 amide bonds. The SMILES string of the molecule is CCCCN(CCOCCN(Cc1cccnc1F)Cc1cn(S(=O)(=O)c2ccccc2)c2ccccc12)C1CCCC1. The van der Waals surface area contributed by atoms with Gasteiger partial charge in [0.05, 0.1) is 23.6 Å². The molecule has 2 heterocycles. The van der Waals surface area contributed by atoms with Crippen molar-refractivity contribution in [1.29, 1.82) is 0 Å². The quantitative estimate of drug-likeness (QED) is 0.108. The van der Waals surface area contributed by atoms with Gasteiger partial charge in [-0.25, -0.2) is 17.4 Å². The summed E-state index contributed by atoms with van der Waals surface area (Å²) in [5, 5.41) is 0.850. The second-order valence-corrected chi connectivity index (χ2v) is 13.2. The fourth-order valence-corrected chi connectivity index (χ4v) is 7.48. The molecule has 0 unspecified atom stereocenters. The highest BCUT2D eigenvalue weighted by atomic mass is 32.2. The van der Waals surface area contributed by atoms with Crippen molar-refractivity contribution in [2.24, 2.45) is 0 Å². The topological polar surface area (TPSA) is 67.7 Å². The Morgan fingerprint density at radius 1 is 0.907 bits per heavy atom. The van der Waals surface area contributed by atoms with Gasteiger partial charge in [-0.15, -0.1) is 0 Å². The number of hydrogen-bond donors (Lipinski definition) is 0. The van der Waals surface area contributed by atoms with Gasteiger partial charge in [-0.3, -0.25) is 9.80 Å². The Bertz CT molecular complexity index is 1550. The summed E-state index contributed by atoms with van der Waals surface area (Å²) in [4.78, 5) is 8.77. The van der Waals surface area contributed by atoms with E-state index in [1.54, 1.807) is 48.7 Å². The number of nitrogens with zero attached hydrogens (tertiary/aromatic N) is 4. The molecule has 0 N–H and O–H groups in total. The van der Waals surface area contributed by atoms with Gasteiger partial charge >= 0.3 is 0 Å². The van der Waals surface area contributed by atoms with E-state index in [1.807, 2.05) is 24.3 Å². The van der Waals surface area contributed by atoms with Crippen molar-refractivity contribution >= 4 is 20.9 Å². The lowest BCUT2D eigenvalue weighted by molar-refractivity contribution is 0.0677. The maximum atomic E-state index is 14.6. The minimum atomic E-state index is -3.79. The Morgan fingerprint density at radius 2 is 1.63 bits per heavy atom. The number of hydrogen-bond acceptors (Lipinski definition) is 6. The van der Waals surface area contributed by atoms with Crippen LogP contribution in [0.5, 0.6) is 0 Å². The zero-order valence-electron chi connectivity index (χ0n) is 25.1. The highest BCUT2D eigenvalue weighted by Gasteiger charge is 2.23. The number of pyridine rings is 1. The fourth-order valence-electron chi connectivity index (χ4n) is 6.07. The molecule has 1 fully saturated rings. The smallest absolute Gasteiger partial charge is 0.268 e. The first-order valence-corrected chi connectivity index (χ1v) is 16.9. The molecule has 1 aliphatic rings. The van der Waals surface area contributed by atoms with Crippen LogP contribution < -0.4 is 0 Å². The largest absolute Gasteiger partial charge is 0.379 e. The van der Waals surface area contributed by atoms with E-state index in [0.29, 0.717) is 50.0 Å². The Labute approximate surface area is 255 Å². The first-order chi connectivity index (χ1) is 21.0. The summed E-state index contributed by atoms with van der Waals surface area (Å²) in [6.07, 6.45) is 10.7. The number of aromatic nitrogens is 2. The predicted molar refractivity (Wildman–Crippen MR) is 169 cm³/mol. The number of ether oxygens (including phenoxy) is 1. The highest BCUT2D eigenvalue weighted by Crippen LogP contribution is 2.28. The molecular formula is C34H43FN4O3S. The van der Waals surface area contributed by atoms with Gasteiger partial charge in [0.15, 0.2) is 0 Å². The van der Waals surface area contributed by atoms with Crippen LogP contribution in [-0.2, 0) is 27.8 Å². The van der Waals surface area contributed by atoms with Crippen LogP contribution in [0.4, 0.5) is 4.39 Å². The monoisotopic (exact) mass is 606 g/mol. The van der Waals surface area contributed by atoms with Gasteiger partial charge in [0, 0.05) is 55.6 Å². The molecule has 4 aromatic rings. The van der Waals surface area contributed by atoms with Gasteiger partial charge in [0.2, 0.25) is 5.95 Å². The molecule has 2 aromatic heterocycles. The lowest BCUT2D eigenvalue weighted by Crippen LogP contribution is -2.37. The van der Waals surface area contributed by atoms with Crippen LogP contribution in [0.3, 0.4) is 0 Å². The van der Waals surface area contributed by atoms with Crippen LogP contribution in [0.15, 0.2) is 84.0 Å².